The lowest BCUT2D eigenvalue weighted by molar-refractivity contribution is 0.125. The third-order valence-corrected chi connectivity index (χ3v) is 1.88. The minimum atomic E-state index is -0.268. The molecule has 0 spiro atoms. The molecule has 0 aliphatic carbocycles. The predicted octanol–water partition coefficient (Wildman–Crippen LogP) is -0.633. The first-order chi connectivity index (χ1) is 6.20. The van der Waals surface area contributed by atoms with Gasteiger partial charge in [-0.2, -0.15) is 0 Å². The van der Waals surface area contributed by atoms with Crippen LogP contribution in [0.2, 0.25) is 0 Å². The largest absolute Gasteiger partial charge is 0.392 e. The zero-order valence-corrected chi connectivity index (χ0v) is 8.58. The molecule has 0 aliphatic rings. The second-order valence-electron chi connectivity index (χ2n) is 3.43. The molecular weight excluding hydrogens is 166 g/mol. The summed E-state index contributed by atoms with van der Waals surface area (Å²) < 4.78 is 0. The van der Waals surface area contributed by atoms with Crippen LogP contribution in [0, 0.1) is 0 Å². The molecule has 0 aromatic heterocycles. The smallest absolute Gasteiger partial charge is 0.0639 e. The van der Waals surface area contributed by atoms with Crippen molar-refractivity contribution < 1.29 is 5.11 Å². The summed E-state index contributed by atoms with van der Waals surface area (Å²) in [7, 11) is 0. The normalized spacial score (nSPS) is 13.6. The van der Waals surface area contributed by atoms with Gasteiger partial charge in [-0.15, -0.1) is 0 Å². The van der Waals surface area contributed by atoms with E-state index in [-0.39, 0.29) is 6.10 Å². The molecule has 0 bridgehead atoms. The maximum atomic E-state index is 9.22. The van der Waals surface area contributed by atoms with Crippen LogP contribution in [0.4, 0.5) is 0 Å². The van der Waals surface area contributed by atoms with Crippen molar-refractivity contribution in [3.05, 3.63) is 0 Å². The summed E-state index contributed by atoms with van der Waals surface area (Å²) in [5.41, 5.74) is 10.8. The number of hydrogen-bond donors (Lipinski definition) is 3. The third kappa shape index (κ3) is 8.18. The highest BCUT2D eigenvalue weighted by atomic mass is 16.3. The van der Waals surface area contributed by atoms with Gasteiger partial charge in [0.15, 0.2) is 0 Å². The Balaban J connectivity index is 3.60. The summed E-state index contributed by atoms with van der Waals surface area (Å²) in [6.07, 6.45) is 1.70. The van der Waals surface area contributed by atoms with E-state index in [2.05, 4.69) is 4.90 Å². The maximum Gasteiger partial charge on any atom is 0.0639 e. The quantitative estimate of drug-likeness (QED) is 0.475. The SMILES string of the molecule is C[C@@H](O)CN(CCCN)CCCN. The standard InChI is InChI=1S/C9H23N3O/c1-9(13)8-12(6-2-4-10)7-3-5-11/h9,13H,2-8,10-11H2,1H3/t9-/m1/s1. The van der Waals surface area contributed by atoms with E-state index in [9.17, 15) is 5.11 Å². The van der Waals surface area contributed by atoms with E-state index in [1.165, 1.54) is 0 Å². The van der Waals surface area contributed by atoms with E-state index in [1.807, 2.05) is 0 Å². The van der Waals surface area contributed by atoms with Crippen molar-refractivity contribution in [1.29, 1.82) is 0 Å². The average Bonchev–Trinajstić information content (AvgIpc) is 2.09. The molecule has 13 heavy (non-hydrogen) atoms. The van der Waals surface area contributed by atoms with E-state index in [1.54, 1.807) is 6.92 Å². The van der Waals surface area contributed by atoms with E-state index in [4.69, 9.17) is 11.5 Å². The molecule has 4 nitrogen and oxygen atoms in total. The summed E-state index contributed by atoms with van der Waals surface area (Å²) in [4.78, 5) is 2.21. The van der Waals surface area contributed by atoms with Gasteiger partial charge in [-0.25, -0.2) is 0 Å². The van der Waals surface area contributed by atoms with Crippen LogP contribution < -0.4 is 11.5 Å². The molecule has 0 radical (unpaired) electrons. The number of nitrogens with zero attached hydrogens (tertiary/aromatic N) is 1. The Kier molecular flexibility index (Phi) is 8.33. The van der Waals surface area contributed by atoms with E-state index in [0.29, 0.717) is 13.1 Å². The summed E-state index contributed by atoms with van der Waals surface area (Å²) in [5.74, 6) is 0. The number of aliphatic hydroxyl groups excluding tert-OH is 1. The van der Waals surface area contributed by atoms with Crippen LogP contribution in [-0.2, 0) is 0 Å². The van der Waals surface area contributed by atoms with Crippen LogP contribution in [-0.4, -0.2) is 48.8 Å². The minimum Gasteiger partial charge on any atom is -0.392 e. The van der Waals surface area contributed by atoms with Gasteiger partial charge in [-0.3, -0.25) is 0 Å². The second-order valence-corrected chi connectivity index (χ2v) is 3.43. The maximum absolute atomic E-state index is 9.22. The summed E-state index contributed by atoms with van der Waals surface area (Å²) >= 11 is 0. The van der Waals surface area contributed by atoms with Crippen molar-refractivity contribution in [2.24, 2.45) is 11.5 Å². The summed E-state index contributed by atoms with van der Waals surface area (Å²) in [6, 6.07) is 0. The van der Waals surface area contributed by atoms with Crippen molar-refractivity contribution in [2.75, 3.05) is 32.7 Å². The molecule has 80 valence electrons. The van der Waals surface area contributed by atoms with Gasteiger partial charge in [0.25, 0.3) is 0 Å². The van der Waals surface area contributed by atoms with Gasteiger partial charge in [0, 0.05) is 6.54 Å². The first-order valence-electron chi connectivity index (χ1n) is 5.01. The van der Waals surface area contributed by atoms with Crippen molar-refractivity contribution in [1.82, 2.24) is 4.90 Å². The Bertz CT molecular complexity index is 101. The molecule has 5 N–H and O–H groups in total. The molecule has 0 saturated carbocycles. The molecule has 0 fully saturated rings. The van der Waals surface area contributed by atoms with Crippen LogP contribution in [0.25, 0.3) is 0 Å². The van der Waals surface area contributed by atoms with Crippen LogP contribution in [0.15, 0.2) is 0 Å². The lowest BCUT2D eigenvalue weighted by atomic mass is 10.3. The van der Waals surface area contributed by atoms with Gasteiger partial charge in [0.1, 0.15) is 0 Å². The Hall–Kier alpha value is -0.160. The first kappa shape index (κ1) is 12.8. The van der Waals surface area contributed by atoms with Crippen LogP contribution in [0.3, 0.4) is 0 Å². The molecule has 0 amide bonds. The van der Waals surface area contributed by atoms with Gasteiger partial charge in [-0.05, 0) is 45.9 Å². The van der Waals surface area contributed by atoms with Gasteiger partial charge in [0.05, 0.1) is 6.10 Å². The molecule has 0 saturated heterocycles. The molecule has 0 unspecified atom stereocenters. The Morgan fingerprint density at radius 3 is 1.92 bits per heavy atom. The second kappa shape index (κ2) is 8.44. The van der Waals surface area contributed by atoms with Crippen molar-refractivity contribution >= 4 is 0 Å². The van der Waals surface area contributed by atoms with Crippen molar-refractivity contribution in [2.45, 2.75) is 25.9 Å². The van der Waals surface area contributed by atoms with Crippen molar-refractivity contribution in [3.63, 3.8) is 0 Å². The van der Waals surface area contributed by atoms with E-state index in [0.717, 1.165) is 32.5 Å². The number of hydrogen-bond acceptors (Lipinski definition) is 4. The molecule has 0 aliphatic heterocycles. The molecule has 0 heterocycles. The van der Waals surface area contributed by atoms with Crippen LogP contribution in [0.1, 0.15) is 19.8 Å². The highest BCUT2D eigenvalue weighted by molar-refractivity contribution is 4.62. The summed E-state index contributed by atoms with van der Waals surface area (Å²) in [6.45, 7) is 5.86. The highest BCUT2D eigenvalue weighted by Gasteiger charge is 2.06. The fourth-order valence-electron chi connectivity index (χ4n) is 1.30. The van der Waals surface area contributed by atoms with Gasteiger partial charge >= 0.3 is 0 Å². The zero-order valence-electron chi connectivity index (χ0n) is 8.58. The third-order valence-electron chi connectivity index (χ3n) is 1.88. The number of aliphatic hydroxyl groups is 1. The molecule has 0 aromatic rings. The van der Waals surface area contributed by atoms with Gasteiger partial charge in [-0.1, -0.05) is 0 Å². The van der Waals surface area contributed by atoms with Crippen LogP contribution in [0.5, 0.6) is 0 Å². The Labute approximate surface area is 80.9 Å². The lowest BCUT2D eigenvalue weighted by Gasteiger charge is -2.23. The van der Waals surface area contributed by atoms with Gasteiger partial charge < -0.3 is 21.5 Å². The fraction of sp³-hybridized carbons (Fsp3) is 1.00. The first-order valence-corrected chi connectivity index (χ1v) is 5.01. The molecule has 0 aromatic carbocycles. The van der Waals surface area contributed by atoms with Crippen LogP contribution >= 0.6 is 0 Å². The Morgan fingerprint density at radius 2 is 1.62 bits per heavy atom. The highest BCUT2D eigenvalue weighted by Crippen LogP contribution is 1.95. The molecule has 1 atom stereocenters. The van der Waals surface area contributed by atoms with E-state index < -0.39 is 0 Å². The average molecular weight is 189 g/mol. The monoisotopic (exact) mass is 189 g/mol. The van der Waals surface area contributed by atoms with Crippen molar-refractivity contribution in [3.8, 4) is 0 Å². The predicted molar refractivity (Wildman–Crippen MR) is 55.5 cm³/mol. The Morgan fingerprint density at radius 1 is 1.15 bits per heavy atom. The lowest BCUT2D eigenvalue weighted by Crippen LogP contribution is -2.34. The number of rotatable bonds is 8. The summed E-state index contributed by atoms with van der Waals surface area (Å²) in [5, 5.41) is 9.22. The zero-order chi connectivity index (χ0) is 10.1. The number of nitrogens with two attached hydrogens (primary N) is 2. The van der Waals surface area contributed by atoms with Gasteiger partial charge in [0.2, 0.25) is 0 Å². The topological polar surface area (TPSA) is 75.5 Å². The molecule has 4 heteroatoms. The minimum absolute atomic E-state index is 0.268. The molecule has 0 rings (SSSR count). The molecular formula is C9H23N3O. The van der Waals surface area contributed by atoms with E-state index >= 15 is 0 Å². The fourth-order valence-corrected chi connectivity index (χ4v) is 1.30.